The predicted octanol–water partition coefficient (Wildman–Crippen LogP) is 6.02. The van der Waals surface area contributed by atoms with Crippen molar-refractivity contribution in [1.29, 1.82) is 0 Å². The Labute approximate surface area is 199 Å². The first-order valence-corrected chi connectivity index (χ1v) is 11.9. The molecule has 2 amide bonds. The van der Waals surface area contributed by atoms with E-state index in [0.717, 1.165) is 11.3 Å². The number of ether oxygens (including phenoxy) is 1. The van der Waals surface area contributed by atoms with Gasteiger partial charge in [-0.2, -0.15) is 0 Å². The van der Waals surface area contributed by atoms with Crippen molar-refractivity contribution in [2.45, 2.75) is 31.6 Å². The summed E-state index contributed by atoms with van der Waals surface area (Å²) in [5.74, 6) is 1.07. The second-order valence-electron chi connectivity index (χ2n) is 9.03. The number of hydrogen-bond acceptors (Lipinski definition) is 4. The molecule has 6 heteroatoms. The zero-order valence-electron chi connectivity index (χ0n) is 19.3. The molecule has 0 spiro atoms. The predicted molar refractivity (Wildman–Crippen MR) is 135 cm³/mol. The molecule has 0 radical (unpaired) electrons. The van der Waals surface area contributed by atoms with Crippen LogP contribution < -0.4 is 15.0 Å². The van der Waals surface area contributed by atoms with Crippen LogP contribution in [0.4, 0.5) is 11.4 Å². The SMILES string of the molecule is COc1ccc(C(=O)Nc2ccc([C@H]3SCC(=O)N3c3ccc(C(C)(C)C)cc3)cc2)cc1. The van der Waals surface area contributed by atoms with Crippen molar-refractivity contribution in [3.8, 4) is 5.75 Å². The zero-order chi connectivity index (χ0) is 23.6. The molecule has 33 heavy (non-hydrogen) atoms. The minimum Gasteiger partial charge on any atom is -0.497 e. The fraction of sp³-hybridized carbons (Fsp3) is 0.259. The number of hydrogen-bond donors (Lipinski definition) is 1. The average Bonchev–Trinajstić information content (AvgIpc) is 3.20. The van der Waals surface area contributed by atoms with Crippen molar-refractivity contribution < 1.29 is 14.3 Å². The highest BCUT2D eigenvalue weighted by Gasteiger charge is 2.34. The molecular weight excluding hydrogens is 432 g/mol. The molecule has 1 aliphatic rings. The van der Waals surface area contributed by atoms with E-state index in [-0.39, 0.29) is 22.6 Å². The number of methoxy groups -OCH3 is 1. The molecule has 3 aromatic carbocycles. The van der Waals surface area contributed by atoms with Gasteiger partial charge < -0.3 is 10.1 Å². The lowest BCUT2D eigenvalue weighted by molar-refractivity contribution is -0.115. The van der Waals surface area contributed by atoms with E-state index in [1.165, 1.54) is 5.56 Å². The molecule has 0 aliphatic carbocycles. The van der Waals surface area contributed by atoms with E-state index < -0.39 is 0 Å². The van der Waals surface area contributed by atoms with Crippen molar-refractivity contribution in [2.75, 3.05) is 23.1 Å². The Balaban J connectivity index is 1.49. The summed E-state index contributed by atoms with van der Waals surface area (Å²) in [6, 6.07) is 22.9. The number of rotatable bonds is 5. The third-order valence-corrected chi connectivity index (χ3v) is 6.90. The van der Waals surface area contributed by atoms with Crippen LogP contribution in [-0.4, -0.2) is 24.7 Å². The summed E-state index contributed by atoms with van der Waals surface area (Å²) in [6.45, 7) is 6.53. The average molecular weight is 461 g/mol. The molecule has 1 heterocycles. The third-order valence-electron chi connectivity index (χ3n) is 5.69. The van der Waals surface area contributed by atoms with Gasteiger partial charge in [0.2, 0.25) is 5.91 Å². The Hall–Kier alpha value is -3.25. The van der Waals surface area contributed by atoms with Gasteiger partial charge in [0.05, 0.1) is 12.9 Å². The Bertz CT molecular complexity index is 1130. The van der Waals surface area contributed by atoms with Gasteiger partial charge in [0.25, 0.3) is 5.91 Å². The van der Waals surface area contributed by atoms with Gasteiger partial charge in [0.15, 0.2) is 0 Å². The molecule has 1 N–H and O–H groups in total. The van der Waals surface area contributed by atoms with Gasteiger partial charge in [-0.15, -0.1) is 11.8 Å². The van der Waals surface area contributed by atoms with Gasteiger partial charge in [-0.25, -0.2) is 0 Å². The van der Waals surface area contributed by atoms with Crippen LogP contribution in [0.15, 0.2) is 72.8 Å². The van der Waals surface area contributed by atoms with Gasteiger partial charge in [-0.1, -0.05) is 45.0 Å². The summed E-state index contributed by atoms with van der Waals surface area (Å²) in [5, 5.41) is 2.83. The van der Waals surface area contributed by atoms with Crippen LogP contribution >= 0.6 is 11.8 Å². The molecule has 170 valence electrons. The monoisotopic (exact) mass is 460 g/mol. The van der Waals surface area contributed by atoms with E-state index >= 15 is 0 Å². The molecule has 5 nitrogen and oxygen atoms in total. The number of nitrogens with zero attached hydrogens (tertiary/aromatic N) is 1. The number of benzene rings is 3. The largest absolute Gasteiger partial charge is 0.497 e. The summed E-state index contributed by atoms with van der Waals surface area (Å²) in [5.41, 5.74) is 4.48. The topological polar surface area (TPSA) is 58.6 Å². The van der Waals surface area contributed by atoms with Crippen LogP contribution in [0.3, 0.4) is 0 Å². The molecule has 0 unspecified atom stereocenters. The van der Waals surface area contributed by atoms with E-state index in [4.69, 9.17) is 4.74 Å². The highest BCUT2D eigenvalue weighted by molar-refractivity contribution is 8.00. The number of amides is 2. The smallest absolute Gasteiger partial charge is 0.255 e. The first kappa shape index (κ1) is 22.9. The van der Waals surface area contributed by atoms with Crippen LogP contribution in [-0.2, 0) is 10.2 Å². The van der Waals surface area contributed by atoms with Gasteiger partial charge in [-0.05, 0) is 65.1 Å². The van der Waals surface area contributed by atoms with E-state index in [1.807, 2.05) is 41.3 Å². The van der Waals surface area contributed by atoms with Crippen molar-refractivity contribution in [3.63, 3.8) is 0 Å². The number of thioether (sulfide) groups is 1. The van der Waals surface area contributed by atoms with Gasteiger partial charge in [0.1, 0.15) is 11.1 Å². The Morgan fingerprint density at radius 1 is 0.970 bits per heavy atom. The van der Waals surface area contributed by atoms with Gasteiger partial charge >= 0.3 is 0 Å². The maximum atomic E-state index is 12.7. The van der Waals surface area contributed by atoms with Gasteiger partial charge in [0, 0.05) is 16.9 Å². The summed E-state index contributed by atoms with van der Waals surface area (Å²) in [6.07, 6.45) is 0. The molecular formula is C27H28N2O3S. The number of anilines is 2. The second kappa shape index (κ2) is 9.32. The van der Waals surface area contributed by atoms with Gasteiger partial charge in [-0.3, -0.25) is 14.5 Å². The maximum absolute atomic E-state index is 12.7. The van der Waals surface area contributed by atoms with E-state index in [0.29, 0.717) is 22.8 Å². The highest BCUT2D eigenvalue weighted by Crippen LogP contribution is 2.42. The molecule has 0 bridgehead atoms. The molecule has 1 saturated heterocycles. The van der Waals surface area contributed by atoms with Crippen LogP contribution in [0.1, 0.15) is 47.6 Å². The zero-order valence-corrected chi connectivity index (χ0v) is 20.1. The number of nitrogens with one attached hydrogen (secondary N) is 1. The van der Waals surface area contributed by atoms with Crippen LogP contribution in [0, 0.1) is 0 Å². The first-order chi connectivity index (χ1) is 15.8. The summed E-state index contributed by atoms with van der Waals surface area (Å²) in [4.78, 5) is 27.1. The number of carbonyl (C=O) groups is 2. The number of carbonyl (C=O) groups excluding carboxylic acids is 2. The van der Waals surface area contributed by atoms with E-state index in [1.54, 1.807) is 43.1 Å². The Morgan fingerprint density at radius 2 is 1.61 bits per heavy atom. The highest BCUT2D eigenvalue weighted by atomic mass is 32.2. The second-order valence-corrected chi connectivity index (χ2v) is 10.1. The standard InChI is InChI=1S/C27H28N2O3S/c1-27(2,3)20-9-13-22(14-10-20)29-24(30)17-33-26(29)19-5-11-21(12-6-19)28-25(31)18-7-15-23(32-4)16-8-18/h5-16,26H,17H2,1-4H3,(H,28,31)/t26-/m1/s1. The molecule has 4 rings (SSSR count). The molecule has 1 aliphatic heterocycles. The Kier molecular flexibility index (Phi) is 6.47. The van der Waals surface area contributed by atoms with Crippen molar-refractivity contribution in [1.82, 2.24) is 0 Å². The summed E-state index contributed by atoms with van der Waals surface area (Å²) in [7, 11) is 1.59. The molecule has 1 atom stereocenters. The maximum Gasteiger partial charge on any atom is 0.255 e. The van der Waals surface area contributed by atoms with Crippen molar-refractivity contribution in [3.05, 3.63) is 89.5 Å². The molecule has 0 saturated carbocycles. The lowest BCUT2D eigenvalue weighted by Gasteiger charge is -2.26. The fourth-order valence-corrected chi connectivity index (χ4v) is 4.93. The normalized spacial score (nSPS) is 16.1. The van der Waals surface area contributed by atoms with E-state index in [9.17, 15) is 9.59 Å². The third kappa shape index (κ3) is 5.06. The van der Waals surface area contributed by atoms with E-state index in [2.05, 4.69) is 38.2 Å². The molecule has 1 fully saturated rings. The summed E-state index contributed by atoms with van der Waals surface area (Å²) < 4.78 is 5.14. The summed E-state index contributed by atoms with van der Waals surface area (Å²) >= 11 is 1.61. The lowest BCUT2D eigenvalue weighted by Crippen LogP contribution is -2.28. The first-order valence-electron chi connectivity index (χ1n) is 10.9. The van der Waals surface area contributed by atoms with Crippen LogP contribution in [0.5, 0.6) is 5.75 Å². The van der Waals surface area contributed by atoms with Crippen molar-refractivity contribution >= 4 is 35.0 Å². The van der Waals surface area contributed by atoms with Crippen LogP contribution in [0.25, 0.3) is 0 Å². The minimum absolute atomic E-state index is 0.0633. The Morgan fingerprint density at radius 3 is 2.18 bits per heavy atom. The molecule has 3 aromatic rings. The van der Waals surface area contributed by atoms with Crippen molar-refractivity contribution in [2.24, 2.45) is 0 Å². The lowest BCUT2D eigenvalue weighted by atomic mass is 9.87. The molecule has 0 aromatic heterocycles. The fourth-order valence-electron chi connectivity index (χ4n) is 3.75. The quantitative estimate of drug-likeness (QED) is 0.506. The minimum atomic E-state index is -0.184. The van der Waals surface area contributed by atoms with Crippen LogP contribution in [0.2, 0.25) is 0 Å².